The zero-order chi connectivity index (χ0) is 18.5. The number of furan rings is 1. The Labute approximate surface area is 170 Å². The first kappa shape index (κ1) is 21.4. The number of carbonyl (C=O) groups excluding carboxylic acids is 1. The first-order valence-electron chi connectivity index (χ1n) is 8.57. The lowest BCUT2D eigenvalue weighted by Gasteiger charge is -2.32. The van der Waals surface area contributed by atoms with Gasteiger partial charge in [0.2, 0.25) is 0 Å². The second kappa shape index (κ2) is 9.88. The van der Waals surface area contributed by atoms with Crippen LogP contribution in [0.25, 0.3) is 0 Å². The SMILES string of the molecule is COc1cc(CNC2CCN(C(=O)c3ccoc3)CC2)cc(Cl)c1OC.Cl. The van der Waals surface area contributed by atoms with Gasteiger partial charge in [-0.25, -0.2) is 0 Å². The minimum atomic E-state index is 0. The molecule has 1 aromatic heterocycles. The van der Waals surface area contributed by atoms with E-state index >= 15 is 0 Å². The summed E-state index contributed by atoms with van der Waals surface area (Å²) in [6.07, 6.45) is 4.83. The highest BCUT2D eigenvalue weighted by molar-refractivity contribution is 6.32. The van der Waals surface area contributed by atoms with Gasteiger partial charge in [0, 0.05) is 25.7 Å². The molecule has 2 heterocycles. The molecule has 1 saturated heterocycles. The third-order valence-corrected chi connectivity index (χ3v) is 4.92. The number of hydrogen-bond donors (Lipinski definition) is 1. The number of methoxy groups -OCH3 is 2. The number of nitrogens with one attached hydrogen (secondary N) is 1. The van der Waals surface area contributed by atoms with Crippen molar-refractivity contribution in [3.8, 4) is 11.5 Å². The first-order chi connectivity index (χ1) is 12.6. The molecule has 0 spiro atoms. The van der Waals surface area contributed by atoms with Gasteiger partial charge >= 0.3 is 0 Å². The van der Waals surface area contributed by atoms with Gasteiger partial charge in [-0.2, -0.15) is 0 Å². The summed E-state index contributed by atoms with van der Waals surface area (Å²) in [5, 5.41) is 4.07. The van der Waals surface area contributed by atoms with Crippen molar-refractivity contribution in [2.75, 3.05) is 27.3 Å². The highest BCUT2D eigenvalue weighted by Crippen LogP contribution is 2.36. The standard InChI is InChI=1S/C19H23ClN2O4.ClH/c1-24-17-10-13(9-16(20)18(17)25-2)11-21-15-3-6-22(7-4-15)19(23)14-5-8-26-12-14;/h5,8-10,12,15,21H,3-4,6-7,11H2,1-2H3;1H. The number of piperidine rings is 1. The van der Waals surface area contributed by atoms with Gasteiger partial charge in [0.25, 0.3) is 5.91 Å². The molecule has 1 aliphatic heterocycles. The second-order valence-electron chi connectivity index (χ2n) is 6.27. The number of carbonyl (C=O) groups is 1. The Morgan fingerprint density at radius 1 is 1.30 bits per heavy atom. The summed E-state index contributed by atoms with van der Waals surface area (Å²) in [6.45, 7) is 2.14. The predicted octanol–water partition coefficient (Wildman–Crippen LogP) is 3.77. The molecule has 1 N–H and O–H groups in total. The molecule has 0 unspecified atom stereocenters. The van der Waals surface area contributed by atoms with E-state index < -0.39 is 0 Å². The van der Waals surface area contributed by atoms with E-state index in [-0.39, 0.29) is 18.3 Å². The van der Waals surface area contributed by atoms with Crippen LogP contribution in [0.3, 0.4) is 0 Å². The molecule has 3 rings (SSSR count). The Bertz CT molecular complexity index is 744. The Balaban J connectivity index is 0.00000261. The number of amides is 1. The van der Waals surface area contributed by atoms with E-state index in [4.69, 9.17) is 25.5 Å². The summed E-state index contributed by atoms with van der Waals surface area (Å²) < 4.78 is 15.6. The molecule has 0 atom stereocenters. The van der Waals surface area contributed by atoms with Gasteiger partial charge in [-0.1, -0.05) is 11.6 Å². The number of likely N-dealkylation sites (tertiary alicyclic amines) is 1. The lowest BCUT2D eigenvalue weighted by molar-refractivity contribution is 0.0704. The van der Waals surface area contributed by atoms with Crippen LogP contribution in [0.15, 0.2) is 35.1 Å². The summed E-state index contributed by atoms with van der Waals surface area (Å²) in [7, 11) is 3.17. The van der Waals surface area contributed by atoms with E-state index in [1.807, 2.05) is 17.0 Å². The van der Waals surface area contributed by atoms with Gasteiger partial charge in [0.05, 0.1) is 31.1 Å². The normalized spacial score (nSPS) is 14.6. The van der Waals surface area contributed by atoms with Crippen LogP contribution in [-0.2, 0) is 6.54 Å². The number of benzene rings is 1. The number of hydrogen-bond acceptors (Lipinski definition) is 5. The maximum Gasteiger partial charge on any atom is 0.257 e. The zero-order valence-electron chi connectivity index (χ0n) is 15.4. The number of rotatable bonds is 6. The maximum atomic E-state index is 12.3. The molecular weight excluding hydrogens is 391 g/mol. The first-order valence-corrected chi connectivity index (χ1v) is 8.95. The molecule has 1 fully saturated rings. The van der Waals surface area contributed by atoms with E-state index in [9.17, 15) is 4.79 Å². The molecule has 27 heavy (non-hydrogen) atoms. The van der Waals surface area contributed by atoms with Crippen molar-refractivity contribution in [1.82, 2.24) is 10.2 Å². The van der Waals surface area contributed by atoms with Gasteiger partial charge in [0.15, 0.2) is 11.5 Å². The summed E-state index contributed by atoms with van der Waals surface area (Å²) >= 11 is 6.25. The molecule has 0 aliphatic carbocycles. The molecule has 148 valence electrons. The maximum absolute atomic E-state index is 12.3. The van der Waals surface area contributed by atoms with Gasteiger partial charge < -0.3 is 24.1 Å². The van der Waals surface area contributed by atoms with Crippen LogP contribution >= 0.6 is 24.0 Å². The van der Waals surface area contributed by atoms with Crippen molar-refractivity contribution < 1.29 is 18.7 Å². The lowest BCUT2D eigenvalue weighted by Crippen LogP contribution is -2.44. The lowest BCUT2D eigenvalue weighted by atomic mass is 10.0. The molecule has 6 nitrogen and oxygen atoms in total. The van der Waals surface area contributed by atoms with Gasteiger partial charge in [-0.15, -0.1) is 12.4 Å². The smallest absolute Gasteiger partial charge is 0.257 e. The number of nitrogens with zero attached hydrogens (tertiary/aromatic N) is 1. The molecule has 1 aliphatic rings. The van der Waals surface area contributed by atoms with Crippen LogP contribution in [0.5, 0.6) is 11.5 Å². The van der Waals surface area contributed by atoms with Crippen molar-refractivity contribution in [2.45, 2.75) is 25.4 Å². The van der Waals surface area contributed by atoms with Gasteiger partial charge in [-0.3, -0.25) is 4.79 Å². The Hall–Kier alpha value is -1.89. The van der Waals surface area contributed by atoms with Crippen LogP contribution in [0.4, 0.5) is 0 Å². The average molecular weight is 415 g/mol. The Morgan fingerprint density at radius 2 is 2.04 bits per heavy atom. The fourth-order valence-corrected chi connectivity index (χ4v) is 3.50. The third-order valence-electron chi connectivity index (χ3n) is 4.64. The van der Waals surface area contributed by atoms with Crippen molar-refractivity contribution in [2.24, 2.45) is 0 Å². The third kappa shape index (κ3) is 5.09. The molecule has 0 radical (unpaired) electrons. The zero-order valence-corrected chi connectivity index (χ0v) is 16.9. The van der Waals surface area contributed by atoms with Gasteiger partial charge in [0.1, 0.15) is 6.26 Å². The predicted molar refractivity (Wildman–Crippen MR) is 106 cm³/mol. The molecule has 1 amide bonds. The van der Waals surface area contributed by atoms with E-state index in [0.717, 1.165) is 31.5 Å². The molecular formula is C19H24Cl2N2O4. The highest BCUT2D eigenvalue weighted by atomic mass is 35.5. The number of halogens is 2. The van der Waals surface area contributed by atoms with Crippen molar-refractivity contribution in [3.63, 3.8) is 0 Å². The molecule has 1 aromatic carbocycles. The quantitative estimate of drug-likeness (QED) is 0.779. The van der Waals surface area contributed by atoms with Crippen molar-refractivity contribution in [3.05, 3.63) is 46.9 Å². The number of ether oxygens (including phenoxy) is 2. The largest absolute Gasteiger partial charge is 0.493 e. The summed E-state index contributed by atoms with van der Waals surface area (Å²) in [5.41, 5.74) is 1.64. The van der Waals surface area contributed by atoms with E-state index in [1.165, 1.54) is 12.5 Å². The average Bonchev–Trinajstić information content (AvgIpc) is 3.20. The topological polar surface area (TPSA) is 63.9 Å². The minimum absolute atomic E-state index is 0. The van der Waals surface area contributed by atoms with Crippen molar-refractivity contribution >= 4 is 29.9 Å². The van der Waals surface area contributed by atoms with E-state index in [0.29, 0.717) is 34.7 Å². The molecule has 2 aromatic rings. The fourth-order valence-electron chi connectivity index (χ4n) is 3.19. The highest BCUT2D eigenvalue weighted by Gasteiger charge is 2.24. The van der Waals surface area contributed by atoms with Crippen LogP contribution in [-0.4, -0.2) is 44.2 Å². The van der Waals surface area contributed by atoms with Crippen molar-refractivity contribution in [1.29, 1.82) is 0 Å². The molecule has 0 saturated carbocycles. The summed E-state index contributed by atoms with van der Waals surface area (Å²) in [6, 6.07) is 5.87. The Morgan fingerprint density at radius 3 is 2.63 bits per heavy atom. The van der Waals surface area contributed by atoms with E-state index in [1.54, 1.807) is 20.3 Å². The summed E-state index contributed by atoms with van der Waals surface area (Å²) in [5.74, 6) is 1.20. The molecule has 8 heteroatoms. The summed E-state index contributed by atoms with van der Waals surface area (Å²) in [4.78, 5) is 14.2. The van der Waals surface area contributed by atoms with Crippen LogP contribution < -0.4 is 14.8 Å². The van der Waals surface area contributed by atoms with E-state index in [2.05, 4.69) is 5.32 Å². The van der Waals surface area contributed by atoms with Crippen LogP contribution in [0, 0.1) is 0 Å². The fraction of sp³-hybridized carbons (Fsp3) is 0.421. The molecule has 0 bridgehead atoms. The van der Waals surface area contributed by atoms with Gasteiger partial charge in [-0.05, 0) is 36.6 Å². The van der Waals surface area contributed by atoms with Crippen LogP contribution in [0.1, 0.15) is 28.8 Å². The second-order valence-corrected chi connectivity index (χ2v) is 6.68. The Kier molecular flexibility index (Phi) is 7.83. The van der Waals surface area contributed by atoms with Crippen LogP contribution in [0.2, 0.25) is 5.02 Å². The minimum Gasteiger partial charge on any atom is -0.493 e. The monoisotopic (exact) mass is 414 g/mol.